The third kappa shape index (κ3) is 6.52. The van der Waals surface area contributed by atoms with Crippen molar-refractivity contribution in [1.82, 2.24) is 15.6 Å². The Labute approximate surface area is 131 Å². The second-order valence-electron chi connectivity index (χ2n) is 4.28. The van der Waals surface area contributed by atoms with E-state index in [0.29, 0.717) is 19.7 Å². The molecule has 1 aliphatic heterocycles. The highest BCUT2D eigenvalue weighted by molar-refractivity contribution is 5.85. The monoisotopic (exact) mass is 321 g/mol. The van der Waals surface area contributed by atoms with Crippen LogP contribution in [0.3, 0.4) is 0 Å². The van der Waals surface area contributed by atoms with Gasteiger partial charge in [-0.2, -0.15) is 0 Å². The Bertz CT molecular complexity index is 373. The lowest BCUT2D eigenvalue weighted by molar-refractivity contribution is -0.134. The van der Waals surface area contributed by atoms with Crippen molar-refractivity contribution in [3.63, 3.8) is 0 Å². The molecule has 20 heavy (non-hydrogen) atoms. The maximum Gasteiger partial charge on any atom is 0.250 e. The van der Waals surface area contributed by atoms with Crippen molar-refractivity contribution >= 4 is 30.7 Å². The van der Waals surface area contributed by atoms with Gasteiger partial charge in [0.05, 0.1) is 6.61 Å². The number of aryl methyl sites for hydroxylation is 1. The second-order valence-corrected chi connectivity index (χ2v) is 4.28. The van der Waals surface area contributed by atoms with Crippen LogP contribution >= 0.6 is 24.8 Å². The molecular formula is C13H21Cl2N3O2. The maximum atomic E-state index is 11.7. The highest BCUT2D eigenvalue weighted by atomic mass is 35.5. The number of morpholine rings is 1. The highest BCUT2D eigenvalue weighted by Gasteiger charge is 2.20. The van der Waals surface area contributed by atoms with Crippen LogP contribution in [-0.4, -0.2) is 43.2 Å². The summed E-state index contributed by atoms with van der Waals surface area (Å²) in [6, 6.07) is 5.87. The van der Waals surface area contributed by atoms with E-state index in [4.69, 9.17) is 4.74 Å². The molecule has 1 saturated heterocycles. The van der Waals surface area contributed by atoms with E-state index in [2.05, 4.69) is 15.6 Å². The van der Waals surface area contributed by atoms with Gasteiger partial charge in [-0.1, -0.05) is 6.07 Å². The number of carbonyl (C=O) groups excluding carboxylic acids is 1. The number of carbonyl (C=O) groups is 1. The molecule has 7 heteroatoms. The minimum Gasteiger partial charge on any atom is -0.366 e. The number of nitrogens with one attached hydrogen (secondary N) is 2. The topological polar surface area (TPSA) is 63.2 Å². The van der Waals surface area contributed by atoms with Gasteiger partial charge in [0.25, 0.3) is 0 Å². The van der Waals surface area contributed by atoms with Crippen LogP contribution in [0, 0.1) is 0 Å². The predicted molar refractivity (Wildman–Crippen MR) is 82.7 cm³/mol. The van der Waals surface area contributed by atoms with Crippen molar-refractivity contribution in [2.75, 3.05) is 26.2 Å². The van der Waals surface area contributed by atoms with Crippen molar-refractivity contribution in [2.24, 2.45) is 0 Å². The number of amides is 1. The summed E-state index contributed by atoms with van der Waals surface area (Å²) in [5.74, 6) is -0.0248. The highest BCUT2D eigenvalue weighted by Crippen LogP contribution is 1.99. The van der Waals surface area contributed by atoms with E-state index in [1.54, 1.807) is 6.20 Å². The number of pyridine rings is 1. The predicted octanol–water partition coefficient (Wildman–Crippen LogP) is 0.962. The molecule has 5 nitrogen and oxygen atoms in total. The van der Waals surface area contributed by atoms with Crippen LogP contribution in [-0.2, 0) is 16.0 Å². The molecule has 1 unspecified atom stereocenters. The van der Waals surface area contributed by atoms with E-state index in [1.165, 1.54) is 0 Å². The van der Waals surface area contributed by atoms with Crippen LogP contribution in [0.15, 0.2) is 24.4 Å². The fourth-order valence-corrected chi connectivity index (χ4v) is 1.87. The van der Waals surface area contributed by atoms with Crippen LogP contribution in [0.5, 0.6) is 0 Å². The lowest BCUT2D eigenvalue weighted by Crippen LogP contribution is -2.48. The second kappa shape index (κ2) is 10.9. The summed E-state index contributed by atoms with van der Waals surface area (Å²) < 4.78 is 5.37. The summed E-state index contributed by atoms with van der Waals surface area (Å²) in [4.78, 5) is 16.0. The quantitative estimate of drug-likeness (QED) is 0.793. The van der Waals surface area contributed by atoms with Crippen LogP contribution in [0.1, 0.15) is 12.1 Å². The van der Waals surface area contributed by atoms with Crippen LogP contribution in [0.25, 0.3) is 0 Å². The smallest absolute Gasteiger partial charge is 0.250 e. The molecule has 0 saturated carbocycles. The van der Waals surface area contributed by atoms with Gasteiger partial charge in [0.1, 0.15) is 6.10 Å². The summed E-state index contributed by atoms with van der Waals surface area (Å²) >= 11 is 0. The van der Waals surface area contributed by atoms with Crippen molar-refractivity contribution in [2.45, 2.75) is 18.9 Å². The fourth-order valence-electron chi connectivity index (χ4n) is 1.87. The Morgan fingerprint density at radius 2 is 2.30 bits per heavy atom. The summed E-state index contributed by atoms with van der Waals surface area (Å²) in [5, 5.41) is 6.03. The summed E-state index contributed by atoms with van der Waals surface area (Å²) in [6.07, 6.45) is 3.22. The Balaban J connectivity index is 0.00000180. The molecule has 0 aromatic carbocycles. The number of rotatable bonds is 5. The lowest BCUT2D eigenvalue weighted by atomic mass is 10.2. The first-order valence-corrected chi connectivity index (χ1v) is 6.36. The number of ether oxygens (including phenoxy) is 1. The molecule has 1 fully saturated rings. The van der Waals surface area contributed by atoms with E-state index >= 15 is 0 Å². The van der Waals surface area contributed by atoms with Gasteiger partial charge in [-0.15, -0.1) is 24.8 Å². The largest absolute Gasteiger partial charge is 0.366 e. The van der Waals surface area contributed by atoms with Crippen molar-refractivity contribution in [3.8, 4) is 0 Å². The number of halogens is 2. The lowest BCUT2D eigenvalue weighted by Gasteiger charge is -2.22. The molecule has 2 N–H and O–H groups in total. The summed E-state index contributed by atoms with van der Waals surface area (Å²) in [6.45, 7) is 2.69. The van der Waals surface area contributed by atoms with Gasteiger partial charge in [-0.05, 0) is 25.0 Å². The average Bonchev–Trinajstić information content (AvgIpc) is 2.45. The third-order valence-electron chi connectivity index (χ3n) is 2.86. The van der Waals surface area contributed by atoms with Crippen LogP contribution in [0.4, 0.5) is 0 Å². The zero-order valence-electron chi connectivity index (χ0n) is 11.2. The Morgan fingerprint density at radius 3 is 2.95 bits per heavy atom. The van der Waals surface area contributed by atoms with Gasteiger partial charge in [-0.25, -0.2) is 0 Å². The number of hydrogen-bond donors (Lipinski definition) is 2. The van der Waals surface area contributed by atoms with Crippen molar-refractivity contribution in [1.29, 1.82) is 0 Å². The van der Waals surface area contributed by atoms with E-state index in [0.717, 1.165) is 25.1 Å². The van der Waals surface area contributed by atoms with Gasteiger partial charge >= 0.3 is 0 Å². The van der Waals surface area contributed by atoms with E-state index < -0.39 is 0 Å². The van der Waals surface area contributed by atoms with Gasteiger partial charge in [0, 0.05) is 31.5 Å². The summed E-state index contributed by atoms with van der Waals surface area (Å²) in [7, 11) is 0. The average molecular weight is 322 g/mol. The van der Waals surface area contributed by atoms with E-state index in [1.807, 2.05) is 18.2 Å². The van der Waals surface area contributed by atoms with Crippen molar-refractivity contribution < 1.29 is 9.53 Å². The standard InChI is InChI=1S/C13H19N3O2.2ClH/c17-13(12-10-14-8-9-18-12)16-7-3-5-11-4-1-2-6-15-11;;/h1-2,4,6,12,14H,3,5,7-10H2,(H,16,17);2*1H. The number of nitrogens with zero attached hydrogens (tertiary/aromatic N) is 1. The first-order valence-electron chi connectivity index (χ1n) is 6.36. The van der Waals surface area contributed by atoms with E-state index in [9.17, 15) is 4.79 Å². The third-order valence-corrected chi connectivity index (χ3v) is 2.86. The number of aromatic nitrogens is 1. The molecule has 1 aromatic heterocycles. The first kappa shape index (κ1) is 19.1. The maximum absolute atomic E-state index is 11.7. The first-order chi connectivity index (χ1) is 8.86. The molecular weight excluding hydrogens is 301 g/mol. The summed E-state index contributed by atoms with van der Waals surface area (Å²) in [5.41, 5.74) is 1.06. The zero-order chi connectivity index (χ0) is 12.6. The molecule has 1 aromatic rings. The van der Waals surface area contributed by atoms with Crippen molar-refractivity contribution in [3.05, 3.63) is 30.1 Å². The van der Waals surface area contributed by atoms with Gasteiger partial charge in [0.2, 0.25) is 5.91 Å². The van der Waals surface area contributed by atoms with Crippen LogP contribution < -0.4 is 10.6 Å². The Morgan fingerprint density at radius 1 is 1.45 bits per heavy atom. The molecule has 114 valence electrons. The SMILES string of the molecule is Cl.Cl.O=C(NCCCc1ccccn1)C1CNCCO1. The van der Waals surface area contributed by atoms with Gasteiger partial charge in [-0.3, -0.25) is 9.78 Å². The molecule has 0 aliphatic carbocycles. The zero-order valence-corrected chi connectivity index (χ0v) is 12.8. The molecule has 0 spiro atoms. The molecule has 2 heterocycles. The molecule has 0 bridgehead atoms. The minimum atomic E-state index is -0.339. The Hall–Kier alpha value is -0.880. The minimum absolute atomic E-state index is 0. The Kier molecular flexibility index (Phi) is 10.4. The normalized spacial score (nSPS) is 17.5. The molecule has 2 rings (SSSR count). The molecule has 1 atom stereocenters. The fraction of sp³-hybridized carbons (Fsp3) is 0.538. The molecule has 1 amide bonds. The molecule has 0 radical (unpaired) electrons. The molecule has 1 aliphatic rings. The van der Waals surface area contributed by atoms with E-state index in [-0.39, 0.29) is 36.8 Å². The van der Waals surface area contributed by atoms with Crippen LogP contribution in [0.2, 0.25) is 0 Å². The number of hydrogen-bond acceptors (Lipinski definition) is 4. The van der Waals surface area contributed by atoms with Gasteiger partial charge in [0.15, 0.2) is 0 Å². The van der Waals surface area contributed by atoms with Gasteiger partial charge < -0.3 is 15.4 Å².